The predicted molar refractivity (Wildman–Crippen MR) is 97.5 cm³/mol. The van der Waals surface area contributed by atoms with E-state index in [1.807, 2.05) is 6.07 Å². The predicted octanol–water partition coefficient (Wildman–Crippen LogP) is 3.67. The Kier molecular flexibility index (Phi) is 6.18. The van der Waals surface area contributed by atoms with Gasteiger partial charge in [0.05, 0.1) is 6.42 Å². The van der Waals surface area contributed by atoms with Crippen LogP contribution in [0, 0.1) is 5.82 Å². The van der Waals surface area contributed by atoms with Crippen molar-refractivity contribution in [1.82, 2.24) is 10.2 Å². The van der Waals surface area contributed by atoms with Gasteiger partial charge in [-0.3, -0.25) is 9.69 Å². The second-order valence-electron chi connectivity index (χ2n) is 6.69. The number of nitrogens with zero attached hydrogens (tertiary/aromatic N) is 1. The van der Waals surface area contributed by atoms with E-state index in [9.17, 15) is 9.18 Å². The first-order valence-electron chi connectivity index (χ1n) is 9.01. The van der Waals surface area contributed by atoms with Gasteiger partial charge in [-0.1, -0.05) is 42.8 Å². The fourth-order valence-electron chi connectivity index (χ4n) is 3.33. The number of hydrogen-bond donors (Lipinski definition) is 1. The molecule has 1 heterocycles. The Morgan fingerprint density at radius 1 is 1.00 bits per heavy atom. The van der Waals surface area contributed by atoms with E-state index in [-0.39, 0.29) is 18.1 Å². The van der Waals surface area contributed by atoms with Crippen LogP contribution in [0.25, 0.3) is 0 Å². The Balaban J connectivity index is 1.56. The van der Waals surface area contributed by atoms with Gasteiger partial charge in [0, 0.05) is 13.1 Å². The summed E-state index contributed by atoms with van der Waals surface area (Å²) in [5, 5.41) is 2.96. The van der Waals surface area contributed by atoms with E-state index in [1.54, 1.807) is 12.1 Å². The fourth-order valence-corrected chi connectivity index (χ4v) is 3.33. The molecule has 3 rings (SSSR count). The van der Waals surface area contributed by atoms with Crippen LogP contribution >= 0.6 is 0 Å². The summed E-state index contributed by atoms with van der Waals surface area (Å²) in [6, 6.07) is 14.5. The van der Waals surface area contributed by atoms with E-state index >= 15 is 0 Å². The molecule has 25 heavy (non-hydrogen) atoms. The number of carbonyl (C=O) groups excluding carboxylic acids is 1. The topological polar surface area (TPSA) is 32.3 Å². The molecule has 1 saturated heterocycles. The first kappa shape index (κ1) is 17.6. The minimum Gasteiger partial charge on any atom is -0.352 e. The molecule has 1 aliphatic heterocycles. The van der Waals surface area contributed by atoms with Gasteiger partial charge < -0.3 is 5.32 Å². The number of halogens is 1. The van der Waals surface area contributed by atoms with Crippen LogP contribution in [0.4, 0.5) is 4.39 Å². The smallest absolute Gasteiger partial charge is 0.224 e. The van der Waals surface area contributed by atoms with Crippen LogP contribution in [0.1, 0.15) is 36.0 Å². The van der Waals surface area contributed by atoms with Crippen LogP contribution in [0.2, 0.25) is 0 Å². The third-order valence-corrected chi connectivity index (χ3v) is 4.69. The third kappa shape index (κ3) is 5.40. The second kappa shape index (κ2) is 8.77. The van der Waals surface area contributed by atoms with E-state index in [0.717, 1.165) is 25.2 Å². The van der Waals surface area contributed by atoms with Gasteiger partial charge in [-0.2, -0.15) is 0 Å². The lowest BCUT2D eigenvalue weighted by molar-refractivity contribution is -0.120. The molecule has 0 bridgehead atoms. The van der Waals surface area contributed by atoms with E-state index in [0.29, 0.717) is 12.1 Å². The summed E-state index contributed by atoms with van der Waals surface area (Å²) in [5.41, 5.74) is 3.12. The van der Waals surface area contributed by atoms with Crippen LogP contribution in [-0.4, -0.2) is 23.9 Å². The molecular weight excluding hydrogens is 315 g/mol. The highest BCUT2D eigenvalue weighted by Crippen LogP contribution is 2.16. The number of nitrogens with one attached hydrogen (secondary N) is 1. The average Bonchev–Trinajstić information content (AvgIpc) is 2.62. The largest absolute Gasteiger partial charge is 0.352 e. The summed E-state index contributed by atoms with van der Waals surface area (Å²) in [6.45, 7) is 3.76. The normalized spacial score (nSPS) is 15.1. The molecular formula is C21H25FN2O. The van der Waals surface area contributed by atoms with Gasteiger partial charge in [0.25, 0.3) is 0 Å². The maximum absolute atomic E-state index is 13.2. The lowest BCUT2D eigenvalue weighted by Gasteiger charge is -2.27. The minimum atomic E-state index is -0.308. The summed E-state index contributed by atoms with van der Waals surface area (Å²) >= 11 is 0. The first-order valence-corrected chi connectivity index (χ1v) is 9.01. The van der Waals surface area contributed by atoms with Gasteiger partial charge in [-0.15, -0.1) is 0 Å². The van der Waals surface area contributed by atoms with Crippen molar-refractivity contribution in [3.05, 3.63) is 71.0 Å². The molecule has 1 fully saturated rings. The Morgan fingerprint density at radius 2 is 1.76 bits per heavy atom. The molecule has 0 spiro atoms. The number of rotatable bonds is 6. The fraction of sp³-hybridized carbons (Fsp3) is 0.381. The van der Waals surface area contributed by atoms with Crippen LogP contribution in [0.3, 0.4) is 0 Å². The summed E-state index contributed by atoms with van der Waals surface area (Å²) in [6.07, 6.45) is 4.07. The average molecular weight is 340 g/mol. The van der Waals surface area contributed by atoms with E-state index in [4.69, 9.17) is 0 Å². The van der Waals surface area contributed by atoms with Crippen molar-refractivity contribution >= 4 is 5.91 Å². The molecule has 0 saturated carbocycles. The third-order valence-electron chi connectivity index (χ3n) is 4.69. The van der Waals surface area contributed by atoms with Gasteiger partial charge in [0.15, 0.2) is 0 Å². The van der Waals surface area contributed by atoms with Crippen LogP contribution in [-0.2, 0) is 24.3 Å². The monoisotopic (exact) mass is 340 g/mol. The van der Waals surface area contributed by atoms with Crippen molar-refractivity contribution in [3.8, 4) is 0 Å². The standard InChI is InChI=1S/C21H25FN2O/c22-20-10-6-7-17(13-20)14-21(25)23-15-18-8-2-3-9-19(18)16-24-11-4-1-5-12-24/h2-3,6-10,13H,1,4-5,11-12,14-16H2,(H,23,25). The number of hydrogen-bond acceptors (Lipinski definition) is 2. The van der Waals surface area contributed by atoms with Crippen molar-refractivity contribution in [1.29, 1.82) is 0 Å². The van der Waals surface area contributed by atoms with Crippen molar-refractivity contribution in [2.75, 3.05) is 13.1 Å². The molecule has 0 aromatic heterocycles. The van der Waals surface area contributed by atoms with E-state index < -0.39 is 0 Å². The lowest BCUT2D eigenvalue weighted by Crippen LogP contribution is -2.30. The molecule has 0 radical (unpaired) electrons. The van der Waals surface area contributed by atoms with Crippen molar-refractivity contribution in [2.45, 2.75) is 38.8 Å². The van der Waals surface area contributed by atoms with Gasteiger partial charge >= 0.3 is 0 Å². The molecule has 3 nitrogen and oxygen atoms in total. The first-order chi connectivity index (χ1) is 12.2. The summed E-state index contributed by atoms with van der Waals surface area (Å²) in [4.78, 5) is 14.6. The van der Waals surface area contributed by atoms with E-state index in [2.05, 4.69) is 28.4 Å². The highest BCUT2D eigenvalue weighted by Gasteiger charge is 2.13. The van der Waals surface area contributed by atoms with Gasteiger partial charge in [0.2, 0.25) is 5.91 Å². The Labute approximate surface area is 148 Å². The Bertz CT molecular complexity index is 711. The number of amides is 1. The molecule has 0 atom stereocenters. The number of piperidine rings is 1. The maximum atomic E-state index is 13.2. The molecule has 4 heteroatoms. The van der Waals surface area contributed by atoms with Crippen molar-refractivity contribution < 1.29 is 9.18 Å². The SMILES string of the molecule is O=C(Cc1cccc(F)c1)NCc1ccccc1CN1CCCCC1. The molecule has 0 unspecified atom stereocenters. The Morgan fingerprint density at radius 3 is 2.52 bits per heavy atom. The van der Waals surface area contributed by atoms with Crippen LogP contribution in [0.15, 0.2) is 48.5 Å². The molecule has 1 amide bonds. The Hall–Kier alpha value is -2.20. The second-order valence-corrected chi connectivity index (χ2v) is 6.69. The number of carbonyl (C=O) groups is 1. The van der Waals surface area contributed by atoms with Gasteiger partial charge in [-0.25, -0.2) is 4.39 Å². The van der Waals surface area contributed by atoms with Crippen LogP contribution < -0.4 is 5.32 Å². The molecule has 1 N–H and O–H groups in total. The van der Waals surface area contributed by atoms with Gasteiger partial charge in [0.1, 0.15) is 5.82 Å². The summed E-state index contributed by atoms with van der Waals surface area (Å²) < 4.78 is 13.2. The number of benzene rings is 2. The zero-order chi connectivity index (χ0) is 17.5. The lowest BCUT2D eigenvalue weighted by atomic mass is 10.0. The zero-order valence-electron chi connectivity index (χ0n) is 14.5. The van der Waals surface area contributed by atoms with E-state index in [1.165, 1.54) is 37.0 Å². The maximum Gasteiger partial charge on any atom is 0.224 e. The summed E-state index contributed by atoms with van der Waals surface area (Å²) in [7, 11) is 0. The molecule has 0 aliphatic carbocycles. The molecule has 2 aromatic rings. The minimum absolute atomic E-state index is 0.0848. The molecule has 2 aromatic carbocycles. The molecule has 132 valence electrons. The van der Waals surface area contributed by atoms with Crippen LogP contribution in [0.5, 0.6) is 0 Å². The highest BCUT2D eigenvalue weighted by molar-refractivity contribution is 5.78. The van der Waals surface area contributed by atoms with Crippen molar-refractivity contribution in [2.24, 2.45) is 0 Å². The highest BCUT2D eigenvalue weighted by atomic mass is 19.1. The van der Waals surface area contributed by atoms with Crippen molar-refractivity contribution in [3.63, 3.8) is 0 Å². The number of likely N-dealkylation sites (tertiary alicyclic amines) is 1. The zero-order valence-corrected chi connectivity index (χ0v) is 14.5. The quantitative estimate of drug-likeness (QED) is 0.870. The van der Waals surface area contributed by atoms with Gasteiger partial charge in [-0.05, 0) is 54.8 Å². The molecule has 1 aliphatic rings. The summed E-state index contributed by atoms with van der Waals surface area (Å²) in [5.74, 6) is -0.393.